The minimum Gasteiger partial charge on any atom is -0.469 e. The minimum absolute atomic E-state index is 0.176. The van der Waals surface area contributed by atoms with E-state index >= 15 is 0 Å². The Hall–Kier alpha value is -1.91. The van der Waals surface area contributed by atoms with E-state index in [-0.39, 0.29) is 11.7 Å². The van der Waals surface area contributed by atoms with E-state index in [0.717, 1.165) is 30.8 Å². The zero-order chi connectivity index (χ0) is 15.2. The molecule has 2 aromatic heterocycles. The predicted molar refractivity (Wildman–Crippen MR) is 86.4 cm³/mol. The first kappa shape index (κ1) is 15.0. The molecule has 0 spiro atoms. The molecule has 4 heteroatoms. The van der Waals surface area contributed by atoms with Crippen molar-refractivity contribution in [1.82, 2.24) is 0 Å². The lowest BCUT2D eigenvalue weighted by Gasteiger charge is -2.14. The third kappa shape index (κ3) is 3.84. The summed E-state index contributed by atoms with van der Waals surface area (Å²) in [6, 6.07) is 14.9. The van der Waals surface area contributed by atoms with Gasteiger partial charge in [0.1, 0.15) is 18.1 Å². The fourth-order valence-corrected chi connectivity index (χ4v) is 3.32. The first-order valence-electron chi connectivity index (χ1n) is 7.46. The summed E-state index contributed by atoms with van der Waals surface area (Å²) in [6.07, 6.45) is 2.66. The van der Waals surface area contributed by atoms with Crippen LogP contribution in [0.5, 0.6) is 0 Å². The van der Waals surface area contributed by atoms with Crippen molar-refractivity contribution in [3.8, 4) is 0 Å². The average Bonchev–Trinajstić information content (AvgIpc) is 3.21. The molecular formula is C18H19FNOS+. The molecule has 0 amide bonds. The normalized spacial score (nSPS) is 12.4. The van der Waals surface area contributed by atoms with Crippen molar-refractivity contribution in [2.24, 2.45) is 0 Å². The van der Waals surface area contributed by atoms with Crippen LogP contribution in [0, 0.1) is 5.82 Å². The number of nitrogens with two attached hydrogens (primary N) is 1. The topological polar surface area (TPSA) is 29.8 Å². The zero-order valence-corrected chi connectivity index (χ0v) is 13.1. The molecule has 0 bridgehead atoms. The van der Waals surface area contributed by atoms with Crippen LogP contribution >= 0.6 is 11.3 Å². The van der Waals surface area contributed by atoms with Crippen LogP contribution in [-0.2, 0) is 6.54 Å². The number of thiophene rings is 1. The maximum Gasteiger partial charge on any atom is 0.123 e. The van der Waals surface area contributed by atoms with Gasteiger partial charge in [0.2, 0.25) is 0 Å². The SMILES string of the molecule is Fc1ccc([C@@H](CC[NH2+]Cc2cccs2)c2ccco2)cc1. The van der Waals surface area contributed by atoms with Crippen molar-refractivity contribution in [3.05, 3.63) is 82.2 Å². The number of furan rings is 1. The highest BCUT2D eigenvalue weighted by Gasteiger charge is 2.17. The Bertz CT molecular complexity index is 662. The lowest BCUT2D eigenvalue weighted by molar-refractivity contribution is -0.670. The highest BCUT2D eigenvalue weighted by molar-refractivity contribution is 7.09. The van der Waals surface area contributed by atoms with Crippen molar-refractivity contribution in [3.63, 3.8) is 0 Å². The Balaban J connectivity index is 1.63. The Labute approximate surface area is 133 Å². The summed E-state index contributed by atoms with van der Waals surface area (Å²) in [6.45, 7) is 2.01. The van der Waals surface area contributed by atoms with Gasteiger partial charge in [-0.2, -0.15) is 0 Å². The highest BCUT2D eigenvalue weighted by atomic mass is 32.1. The first-order valence-corrected chi connectivity index (χ1v) is 8.34. The van der Waals surface area contributed by atoms with Gasteiger partial charge in [-0.15, -0.1) is 11.3 Å². The number of halogens is 1. The average molecular weight is 316 g/mol. The summed E-state index contributed by atoms with van der Waals surface area (Å²) in [5.41, 5.74) is 1.10. The van der Waals surface area contributed by atoms with Crippen LogP contribution in [0.15, 0.2) is 64.6 Å². The van der Waals surface area contributed by atoms with E-state index in [9.17, 15) is 4.39 Å². The maximum absolute atomic E-state index is 13.1. The monoisotopic (exact) mass is 316 g/mol. The third-order valence-electron chi connectivity index (χ3n) is 3.74. The number of quaternary nitrogens is 1. The number of rotatable bonds is 7. The highest BCUT2D eigenvalue weighted by Crippen LogP contribution is 2.27. The molecule has 3 aromatic rings. The van der Waals surface area contributed by atoms with Gasteiger partial charge in [0, 0.05) is 12.3 Å². The smallest absolute Gasteiger partial charge is 0.123 e. The second kappa shape index (κ2) is 7.38. The summed E-state index contributed by atoms with van der Waals surface area (Å²) >= 11 is 1.79. The molecule has 0 aliphatic carbocycles. The molecule has 3 rings (SSSR count). The molecule has 0 aliphatic rings. The first-order chi connectivity index (χ1) is 10.8. The second-order valence-corrected chi connectivity index (χ2v) is 6.30. The quantitative estimate of drug-likeness (QED) is 0.661. The third-order valence-corrected chi connectivity index (χ3v) is 4.64. The number of hydrogen-bond acceptors (Lipinski definition) is 2. The van der Waals surface area contributed by atoms with Crippen molar-refractivity contribution < 1.29 is 14.1 Å². The summed E-state index contributed by atoms with van der Waals surface area (Å²) in [5, 5.41) is 4.42. The summed E-state index contributed by atoms with van der Waals surface area (Å²) < 4.78 is 18.7. The predicted octanol–water partition coefficient (Wildman–Crippen LogP) is 3.77. The molecule has 0 radical (unpaired) electrons. The number of benzene rings is 1. The summed E-state index contributed by atoms with van der Waals surface area (Å²) in [4.78, 5) is 1.39. The van der Waals surface area contributed by atoms with Crippen LogP contribution < -0.4 is 5.32 Å². The van der Waals surface area contributed by atoms with Gasteiger partial charge in [-0.1, -0.05) is 18.2 Å². The van der Waals surface area contributed by atoms with Gasteiger partial charge in [-0.25, -0.2) is 4.39 Å². The van der Waals surface area contributed by atoms with E-state index in [1.807, 2.05) is 24.3 Å². The van der Waals surface area contributed by atoms with E-state index in [1.54, 1.807) is 17.6 Å². The van der Waals surface area contributed by atoms with Gasteiger partial charge in [0.25, 0.3) is 0 Å². The largest absolute Gasteiger partial charge is 0.469 e. The molecule has 0 fully saturated rings. The second-order valence-electron chi connectivity index (χ2n) is 5.27. The molecule has 0 unspecified atom stereocenters. The minimum atomic E-state index is -0.203. The number of hydrogen-bond donors (Lipinski definition) is 1. The van der Waals surface area contributed by atoms with Gasteiger partial charge >= 0.3 is 0 Å². The van der Waals surface area contributed by atoms with Crippen LogP contribution in [0.25, 0.3) is 0 Å². The van der Waals surface area contributed by atoms with Crippen molar-refractivity contribution in [2.75, 3.05) is 6.54 Å². The molecule has 22 heavy (non-hydrogen) atoms. The van der Waals surface area contributed by atoms with Crippen molar-refractivity contribution >= 4 is 11.3 Å². The molecule has 0 saturated heterocycles. The molecule has 1 atom stereocenters. The standard InChI is InChI=1S/C18H18FNOS/c19-15-7-5-14(6-8-15)17(18-4-1-11-21-18)9-10-20-13-16-3-2-12-22-16/h1-8,11-12,17,20H,9-10,13H2/p+1/t17-/m1/s1. The molecular weight excluding hydrogens is 297 g/mol. The van der Waals surface area contributed by atoms with Gasteiger partial charge < -0.3 is 9.73 Å². The van der Waals surface area contributed by atoms with Crippen LogP contribution in [0.3, 0.4) is 0 Å². The molecule has 1 aromatic carbocycles. The van der Waals surface area contributed by atoms with E-state index in [4.69, 9.17) is 4.42 Å². The molecule has 2 nitrogen and oxygen atoms in total. The van der Waals surface area contributed by atoms with Crippen LogP contribution in [0.1, 0.15) is 28.5 Å². The molecule has 0 aliphatic heterocycles. The van der Waals surface area contributed by atoms with Gasteiger partial charge in [0.15, 0.2) is 0 Å². The van der Waals surface area contributed by atoms with E-state index in [1.165, 1.54) is 17.0 Å². The lowest BCUT2D eigenvalue weighted by atomic mass is 9.93. The van der Waals surface area contributed by atoms with E-state index in [0.29, 0.717) is 0 Å². The van der Waals surface area contributed by atoms with Crippen molar-refractivity contribution in [2.45, 2.75) is 18.9 Å². The molecule has 2 N–H and O–H groups in total. The fourth-order valence-electron chi connectivity index (χ4n) is 2.62. The molecule has 114 valence electrons. The molecule has 2 heterocycles. The Morgan fingerprint density at radius 1 is 1.09 bits per heavy atom. The lowest BCUT2D eigenvalue weighted by Crippen LogP contribution is -2.82. The maximum atomic E-state index is 13.1. The van der Waals surface area contributed by atoms with Crippen LogP contribution in [0.2, 0.25) is 0 Å². The van der Waals surface area contributed by atoms with Crippen LogP contribution in [0.4, 0.5) is 4.39 Å². The van der Waals surface area contributed by atoms with Gasteiger partial charge in [-0.05, 0) is 41.3 Å². The Morgan fingerprint density at radius 3 is 2.64 bits per heavy atom. The van der Waals surface area contributed by atoms with E-state index in [2.05, 4.69) is 22.8 Å². The van der Waals surface area contributed by atoms with Crippen molar-refractivity contribution in [1.29, 1.82) is 0 Å². The zero-order valence-electron chi connectivity index (χ0n) is 12.2. The fraction of sp³-hybridized carbons (Fsp3) is 0.222. The Kier molecular flexibility index (Phi) is 5.03. The van der Waals surface area contributed by atoms with Gasteiger partial charge in [0.05, 0.1) is 17.7 Å². The summed E-state index contributed by atoms with van der Waals surface area (Å²) in [5.74, 6) is 0.914. The van der Waals surface area contributed by atoms with Crippen LogP contribution in [-0.4, -0.2) is 6.54 Å². The van der Waals surface area contributed by atoms with E-state index < -0.39 is 0 Å². The summed E-state index contributed by atoms with van der Waals surface area (Å²) in [7, 11) is 0. The van der Waals surface area contributed by atoms with Gasteiger partial charge in [-0.3, -0.25) is 0 Å². The molecule has 0 saturated carbocycles. The Morgan fingerprint density at radius 2 is 1.95 bits per heavy atom.